The second-order valence-corrected chi connectivity index (χ2v) is 5.63. The first-order valence-electron chi connectivity index (χ1n) is 7.18. The van der Waals surface area contributed by atoms with Gasteiger partial charge in [-0.3, -0.25) is 9.69 Å². The predicted molar refractivity (Wildman–Crippen MR) is 80.4 cm³/mol. The Bertz CT molecular complexity index is 491. The van der Waals surface area contributed by atoms with Crippen molar-refractivity contribution in [2.75, 3.05) is 26.7 Å². The fourth-order valence-electron chi connectivity index (χ4n) is 2.67. The summed E-state index contributed by atoms with van der Waals surface area (Å²) < 4.78 is 5.42. The molecule has 1 aromatic carbocycles. The lowest BCUT2D eigenvalue weighted by atomic mass is 10.00. The van der Waals surface area contributed by atoms with Crippen LogP contribution in [0.15, 0.2) is 12.1 Å². The van der Waals surface area contributed by atoms with Gasteiger partial charge in [-0.1, -0.05) is 6.07 Å². The van der Waals surface area contributed by atoms with E-state index in [4.69, 9.17) is 10.5 Å². The van der Waals surface area contributed by atoms with Crippen molar-refractivity contribution in [3.8, 4) is 5.75 Å². The van der Waals surface area contributed by atoms with Crippen molar-refractivity contribution in [2.24, 2.45) is 5.73 Å². The van der Waals surface area contributed by atoms with Crippen LogP contribution in [0.1, 0.15) is 34.3 Å². The van der Waals surface area contributed by atoms with Crippen molar-refractivity contribution in [3.05, 3.63) is 28.8 Å². The number of ether oxygens (including phenoxy) is 1. The van der Waals surface area contributed by atoms with E-state index in [-0.39, 0.29) is 11.8 Å². The van der Waals surface area contributed by atoms with Crippen LogP contribution < -0.4 is 10.5 Å². The second-order valence-electron chi connectivity index (χ2n) is 5.63. The molecule has 0 radical (unpaired) electrons. The minimum atomic E-state index is 0.125. The number of ketones is 1. The Balaban J connectivity index is 2.11. The van der Waals surface area contributed by atoms with E-state index in [1.54, 1.807) is 7.11 Å². The minimum absolute atomic E-state index is 0.125. The number of rotatable bonds is 4. The van der Waals surface area contributed by atoms with Crippen LogP contribution in [0, 0.1) is 13.8 Å². The summed E-state index contributed by atoms with van der Waals surface area (Å²) in [5.41, 5.74) is 8.76. The number of nitrogens with zero attached hydrogens (tertiary/aromatic N) is 1. The number of Topliss-reactive ketones (excluding diaryl/α,β-unsaturated/α-hetero) is 1. The topological polar surface area (TPSA) is 55.6 Å². The highest BCUT2D eigenvalue weighted by Crippen LogP contribution is 2.26. The number of likely N-dealkylation sites (tertiary alicyclic amines) is 1. The van der Waals surface area contributed by atoms with Crippen molar-refractivity contribution in [3.63, 3.8) is 0 Å². The van der Waals surface area contributed by atoms with E-state index in [1.165, 1.54) is 0 Å². The van der Waals surface area contributed by atoms with E-state index in [0.717, 1.165) is 37.1 Å². The molecule has 1 aliphatic rings. The van der Waals surface area contributed by atoms with Gasteiger partial charge in [-0.15, -0.1) is 0 Å². The van der Waals surface area contributed by atoms with Gasteiger partial charge in [-0.2, -0.15) is 0 Å². The molecule has 0 aromatic heterocycles. The lowest BCUT2D eigenvalue weighted by Crippen LogP contribution is -2.42. The number of aryl methyl sites for hydroxylation is 1. The number of piperidine rings is 1. The fraction of sp³-hybridized carbons (Fsp3) is 0.562. The molecule has 1 aromatic rings. The lowest BCUT2D eigenvalue weighted by molar-refractivity contribution is 0.0906. The quantitative estimate of drug-likeness (QED) is 0.854. The zero-order valence-electron chi connectivity index (χ0n) is 12.6. The van der Waals surface area contributed by atoms with E-state index in [1.807, 2.05) is 26.0 Å². The molecular formula is C16H24N2O2. The Morgan fingerprint density at radius 3 is 2.60 bits per heavy atom. The van der Waals surface area contributed by atoms with Crippen LogP contribution in [-0.4, -0.2) is 43.5 Å². The van der Waals surface area contributed by atoms with E-state index in [2.05, 4.69) is 4.90 Å². The van der Waals surface area contributed by atoms with Crippen molar-refractivity contribution < 1.29 is 9.53 Å². The van der Waals surface area contributed by atoms with Gasteiger partial charge in [0.15, 0.2) is 5.78 Å². The number of carbonyl (C=O) groups is 1. The van der Waals surface area contributed by atoms with E-state index in [9.17, 15) is 4.79 Å². The predicted octanol–water partition coefficient (Wildman–Crippen LogP) is 1.92. The van der Waals surface area contributed by atoms with Gasteiger partial charge in [-0.05, 0) is 43.9 Å². The fourth-order valence-corrected chi connectivity index (χ4v) is 2.67. The van der Waals surface area contributed by atoms with Crippen molar-refractivity contribution in [1.82, 2.24) is 4.90 Å². The summed E-state index contributed by atoms with van der Waals surface area (Å²) in [7, 11) is 1.62. The van der Waals surface area contributed by atoms with Gasteiger partial charge in [-0.25, -0.2) is 0 Å². The van der Waals surface area contributed by atoms with Gasteiger partial charge in [0.1, 0.15) is 5.75 Å². The first-order valence-corrected chi connectivity index (χ1v) is 7.18. The van der Waals surface area contributed by atoms with Gasteiger partial charge < -0.3 is 10.5 Å². The van der Waals surface area contributed by atoms with E-state index < -0.39 is 0 Å². The molecule has 0 atom stereocenters. The third-order valence-electron chi connectivity index (χ3n) is 4.18. The van der Waals surface area contributed by atoms with Gasteiger partial charge in [0.25, 0.3) is 0 Å². The summed E-state index contributed by atoms with van der Waals surface area (Å²) in [6.07, 6.45) is 1.94. The van der Waals surface area contributed by atoms with Crippen molar-refractivity contribution in [2.45, 2.75) is 32.7 Å². The molecule has 110 valence electrons. The maximum absolute atomic E-state index is 12.5. The van der Waals surface area contributed by atoms with Crippen LogP contribution in [0.4, 0.5) is 0 Å². The highest BCUT2D eigenvalue weighted by Gasteiger charge is 2.21. The molecule has 20 heavy (non-hydrogen) atoms. The summed E-state index contributed by atoms with van der Waals surface area (Å²) in [5.74, 6) is 0.837. The number of benzene rings is 1. The monoisotopic (exact) mass is 276 g/mol. The van der Waals surface area contributed by atoms with Crippen LogP contribution in [-0.2, 0) is 0 Å². The summed E-state index contributed by atoms with van der Waals surface area (Å²) in [4.78, 5) is 14.7. The molecule has 0 amide bonds. The van der Waals surface area contributed by atoms with E-state index >= 15 is 0 Å². The minimum Gasteiger partial charge on any atom is -0.496 e. The molecule has 2 N–H and O–H groups in total. The second kappa shape index (κ2) is 6.37. The lowest BCUT2D eigenvalue weighted by Gasteiger charge is -2.29. The highest BCUT2D eigenvalue weighted by atomic mass is 16.5. The van der Waals surface area contributed by atoms with Crippen LogP contribution in [0.25, 0.3) is 0 Å². The van der Waals surface area contributed by atoms with Gasteiger partial charge in [0, 0.05) is 19.1 Å². The van der Waals surface area contributed by atoms with Crippen LogP contribution >= 0.6 is 0 Å². The molecule has 0 unspecified atom stereocenters. The average Bonchev–Trinajstić information content (AvgIpc) is 2.44. The smallest absolute Gasteiger partial charge is 0.180 e. The molecule has 1 saturated heterocycles. The Hall–Kier alpha value is -1.39. The number of carbonyl (C=O) groups excluding carboxylic acids is 1. The molecule has 0 bridgehead atoms. The standard InChI is InChI=1S/C16H24N2O2/c1-11-4-5-14(16(20-3)12(11)2)15(19)10-18-8-6-13(17)7-9-18/h4-5,13H,6-10,17H2,1-3H3. The number of methoxy groups -OCH3 is 1. The van der Waals surface area contributed by atoms with E-state index in [0.29, 0.717) is 17.9 Å². The van der Waals surface area contributed by atoms with Gasteiger partial charge in [0.05, 0.1) is 19.2 Å². The number of nitrogens with two attached hydrogens (primary N) is 1. The molecule has 1 aliphatic heterocycles. The first kappa shape index (κ1) is 15.0. The number of hydrogen-bond acceptors (Lipinski definition) is 4. The molecule has 0 spiro atoms. The molecule has 1 fully saturated rings. The normalized spacial score (nSPS) is 17.2. The maximum atomic E-state index is 12.5. The molecule has 0 aliphatic carbocycles. The van der Waals surface area contributed by atoms with Crippen LogP contribution in [0.5, 0.6) is 5.75 Å². The SMILES string of the molecule is COc1c(C(=O)CN2CCC(N)CC2)ccc(C)c1C. The Kier molecular flexibility index (Phi) is 4.78. The third kappa shape index (κ3) is 3.19. The highest BCUT2D eigenvalue weighted by molar-refractivity contribution is 6.00. The van der Waals surface area contributed by atoms with Crippen LogP contribution in [0.2, 0.25) is 0 Å². The summed E-state index contributed by atoms with van der Waals surface area (Å²) in [5, 5.41) is 0. The molecule has 4 heteroatoms. The molecule has 1 heterocycles. The van der Waals surface area contributed by atoms with Crippen molar-refractivity contribution >= 4 is 5.78 Å². The van der Waals surface area contributed by atoms with Gasteiger partial charge in [0.2, 0.25) is 0 Å². The maximum Gasteiger partial charge on any atom is 0.180 e. The molecular weight excluding hydrogens is 252 g/mol. The zero-order valence-corrected chi connectivity index (χ0v) is 12.6. The largest absolute Gasteiger partial charge is 0.496 e. The molecule has 2 rings (SSSR count). The summed E-state index contributed by atoms with van der Waals surface area (Å²) >= 11 is 0. The molecule has 0 saturated carbocycles. The Labute approximate surface area is 120 Å². The third-order valence-corrected chi connectivity index (χ3v) is 4.18. The first-order chi connectivity index (χ1) is 9.52. The Morgan fingerprint density at radius 1 is 1.35 bits per heavy atom. The van der Waals surface area contributed by atoms with Crippen molar-refractivity contribution in [1.29, 1.82) is 0 Å². The van der Waals surface area contributed by atoms with Gasteiger partial charge >= 0.3 is 0 Å². The number of hydrogen-bond donors (Lipinski definition) is 1. The summed E-state index contributed by atoms with van der Waals surface area (Å²) in [6, 6.07) is 4.15. The Morgan fingerprint density at radius 2 is 2.00 bits per heavy atom. The molecule has 4 nitrogen and oxygen atoms in total. The van der Waals surface area contributed by atoms with Crippen LogP contribution in [0.3, 0.4) is 0 Å². The average molecular weight is 276 g/mol. The summed E-state index contributed by atoms with van der Waals surface area (Å²) in [6.45, 7) is 6.27. The zero-order chi connectivity index (χ0) is 14.7.